The Morgan fingerprint density at radius 1 is 1.00 bits per heavy atom. The van der Waals surface area contributed by atoms with E-state index < -0.39 is 6.36 Å². The molecule has 0 unspecified atom stereocenters. The molecule has 0 spiro atoms. The Kier molecular flexibility index (Phi) is 5.99. The van der Waals surface area contributed by atoms with Crippen molar-refractivity contribution in [2.45, 2.75) is 39.1 Å². The molecule has 0 aliphatic heterocycles. The second-order valence-electron chi connectivity index (χ2n) is 8.66. The number of hydrogen-bond acceptors (Lipinski definition) is 6. The fourth-order valence-electron chi connectivity index (χ4n) is 3.24. The minimum Gasteiger partial charge on any atom is -0.406 e. The van der Waals surface area contributed by atoms with Crippen LogP contribution in [0.5, 0.6) is 5.75 Å². The van der Waals surface area contributed by atoms with Crippen LogP contribution in [0.2, 0.25) is 0 Å². The predicted molar refractivity (Wildman–Crippen MR) is 118 cm³/mol. The summed E-state index contributed by atoms with van der Waals surface area (Å²) in [6.45, 7) is 6.60. The number of aromatic nitrogens is 4. The molecule has 0 atom stereocenters. The van der Waals surface area contributed by atoms with E-state index >= 15 is 0 Å². The van der Waals surface area contributed by atoms with Crippen molar-refractivity contribution >= 4 is 0 Å². The summed E-state index contributed by atoms with van der Waals surface area (Å²) < 4.78 is 47.4. The van der Waals surface area contributed by atoms with Gasteiger partial charge in [0, 0.05) is 11.6 Å². The van der Waals surface area contributed by atoms with Crippen molar-refractivity contribution in [3.05, 3.63) is 82.1 Å². The average molecular weight is 470 g/mol. The smallest absolute Gasteiger partial charge is 0.406 e. The van der Waals surface area contributed by atoms with Gasteiger partial charge in [0.2, 0.25) is 5.82 Å². The molecule has 2 aromatic carbocycles. The van der Waals surface area contributed by atoms with E-state index in [0.29, 0.717) is 11.3 Å². The van der Waals surface area contributed by atoms with E-state index in [1.807, 2.05) is 24.3 Å². The Morgan fingerprint density at radius 3 is 2.41 bits per heavy atom. The molecule has 0 aliphatic carbocycles. The van der Waals surface area contributed by atoms with Gasteiger partial charge >= 0.3 is 6.36 Å². The van der Waals surface area contributed by atoms with Crippen LogP contribution in [0.4, 0.5) is 13.2 Å². The van der Waals surface area contributed by atoms with Crippen molar-refractivity contribution in [2.24, 2.45) is 0 Å². The normalized spacial score (nSPS) is 12.1. The summed E-state index contributed by atoms with van der Waals surface area (Å²) >= 11 is 0. The molecule has 2 aromatic heterocycles. The van der Waals surface area contributed by atoms with Crippen LogP contribution in [-0.2, 0) is 12.0 Å². The second kappa shape index (κ2) is 8.77. The predicted octanol–water partition coefficient (Wildman–Crippen LogP) is 5.20. The summed E-state index contributed by atoms with van der Waals surface area (Å²) in [7, 11) is 0. The molecule has 0 radical (unpaired) electrons. The fourth-order valence-corrected chi connectivity index (χ4v) is 3.24. The van der Waals surface area contributed by atoms with Gasteiger partial charge in [0.05, 0.1) is 6.54 Å². The average Bonchev–Trinajstić information content (AvgIpc) is 3.25. The molecule has 4 rings (SSSR count). The van der Waals surface area contributed by atoms with Gasteiger partial charge in [0.1, 0.15) is 11.4 Å². The Hall–Kier alpha value is -3.95. The fraction of sp³-hybridized carbons (Fsp3) is 0.250. The number of benzene rings is 2. The largest absolute Gasteiger partial charge is 0.573 e. The van der Waals surface area contributed by atoms with Gasteiger partial charge < -0.3 is 9.26 Å². The minimum absolute atomic E-state index is 0.0342. The van der Waals surface area contributed by atoms with Crippen LogP contribution in [0.1, 0.15) is 31.9 Å². The van der Waals surface area contributed by atoms with E-state index in [9.17, 15) is 18.0 Å². The molecule has 0 fully saturated rings. The summed E-state index contributed by atoms with van der Waals surface area (Å²) in [5, 5.41) is 8.22. The van der Waals surface area contributed by atoms with Gasteiger partial charge in [0.25, 0.3) is 11.4 Å². The Balaban J connectivity index is 1.57. The molecule has 34 heavy (non-hydrogen) atoms. The standard InChI is InChI=1S/C24H21F3N4O3/c1-23(2,3)17-6-4-5-15(13-17)14-31-20(32)12-11-19(29-31)22-28-21(30-34-22)16-7-9-18(10-8-16)33-24(25,26)27/h4-13H,14H2,1-3H3. The first-order valence-corrected chi connectivity index (χ1v) is 10.4. The maximum atomic E-state index is 12.4. The summed E-state index contributed by atoms with van der Waals surface area (Å²) in [6.07, 6.45) is -4.77. The summed E-state index contributed by atoms with van der Waals surface area (Å²) in [6, 6.07) is 15.9. The van der Waals surface area contributed by atoms with Crippen molar-refractivity contribution in [3.63, 3.8) is 0 Å². The maximum absolute atomic E-state index is 12.4. The minimum atomic E-state index is -4.77. The van der Waals surface area contributed by atoms with E-state index in [1.165, 1.54) is 28.9 Å². The first-order chi connectivity index (χ1) is 16.0. The number of rotatable bonds is 5. The van der Waals surface area contributed by atoms with Gasteiger partial charge in [-0.1, -0.05) is 50.2 Å². The van der Waals surface area contributed by atoms with E-state index in [2.05, 4.69) is 40.7 Å². The Morgan fingerprint density at radius 2 is 1.74 bits per heavy atom. The maximum Gasteiger partial charge on any atom is 0.573 e. The quantitative estimate of drug-likeness (QED) is 0.399. The molecule has 0 aliphatic rings. The van der Waals surface area contributed by atoms with Crippen LogP contribution in [0.15, 0.2) is 70.0 Å². The van der Waals surface area contributed by atoms with Crippen LogP contribution in [0.3, 0.4) is 0 Å². The molecule has 7 nitrogen and oxygen atoms in total. The van der Waals surface area contributed by atoms with Crippen molar-refractivity contribution in [2.75, 3.05) is 0 Å². The van der Waals surface area contributed by atoms with Crippen molar-refractivity contribution in [1.82, 2.24) is 19.9 Å². The van der Waals surface area contributed by atoms with Gasteiger partial charge in [-0.2, -0.15) is 10.1 Å². The van der Waals surface area contributed by atoms with Crippen LogP contribution in [-0.4, -0.2) is 26.3 Å². The number of alkyl halides is 3. The summed E-state index contributed by atoms with van der Waals surface area (Å²) in [5.41, 5.74) is 2.46. The third kappa shape index (κ3) is 5.51. The zero-order chi connectivity index (χ0) is 24.5. The lowest BCUT2D eigenvalue weighted by Crippen LogP contribution is -2.23. The van der Waals surface area contributed by atoms with Crippen LogP contribution in [0.25, 0.3) is 23.0 Å². The van der Waals surface area contributed by atoms with Gasteiger partial charge in [-0.25, -0.2) is 4.68 Å². The first-order valence-electron chi connectivity index (χ1n) is 10.4. The van der Waals surface area contributed by atoms with E-state index in [-0.39, 0.29) is 35.0 Å². The highest BCUT2D eigenvalue weighted by atomic mass is 19.4. The van der Waals surface area contributed by atoms with Crippen LogP contribution in [0, 0.1) is 0 Å². The van der Waals surface area contributed by atoms with E-state index in [1.54, 1.807) is 0 Å². The number of ether oxygens (including phenoxy) is 1. The highest BCUT2D eigenvalue weighted by molar-refractivity contribution is 5.58. The molecular weight excluding hydrogens is 449 g/mol. The van der Waals surface area contributed by atoms with Crippen molar-refractivity contribution in [1.29, 1.82) is 0 Å². The number of nitrogens with zero attached hydrogens (tertiary/aromatic N) is 4. The lowest BCUT2D eigenvalue weighted by atomic mass is 9.86. The molecule has 10 heteroatoms. The van der Waals surface area contributed by atoms with E-state index in [4.69, 9.17) is 4.52 Å². The highest BCUT2D eigenvalue weighted by Gasteiger charge is 2.31. The SMILES string of the molecule is CC(C)(C)c1cccc(Cn2nc(-c3nc(-c4ccc(OC(F)(F)F)cc4)no3)ccc2=O)c1. The number of halogens is 3. The third-order valence-corrected chi connectivity index (χ3v) is 4.98. The topological polar surface area (TPSA) is 83.0 Å². The third-order valence-electron chi connectivity index (χ3n) is 4.98. The monoisotopic (exact) mass is 470 g/mol. The Bertz CT molecular complexity index is 1350. The molecule has 0 saturated heterocycles. The zero-order valence-corrected chi connectivity index (χ0v) is 18.6. The molecule has 4 aromatic rings. The first kappa shape index (κ1) is 23.2. The van der Waals surface area contributed by atoms with Gasteiger partial charge in [-0.05, 0) is 46.9 Å². The highest BCUT2D eigenvalue weighted by Crippen LogP contribution is 2.27. The Labute approximate surface area is 192 Å². The molecule has 0 amide bonds. The van der Waals surface area contributed by atoms with Crippen LogP contribution >= 0.6 is 0 Å². The lowest BCUT2D eigenvalue weighted by molar-refractivity contribution is -0.274. The number of hydrogen-bond donors (Lipinski definition) is 0. The van der Waals surface area contributed by atoms with Gasteiger partial charge in [-0.15, -0.1) is 13.2 Å². The summed E-state index contributed by atoms with van der Waals surface area (Å²) in [5.74, 6) is -0.127. The molecule has 0 N–H and O–H groups in total. The van der Waals surface area contributed by atoms with Gasteiger partial charge in [0.15, 0.2) is 0 Å². The molecule has 176 valence electrons. The van der Waals surface area contributed by atoms with Crippen molar-refractivity contribution in [3.8, 4) is 28.7 Å². The second-order valence-corrected chi connectivity index (χ2v) is 8.66. The van der Waals surface area contributed by atoms with Crippen molar-refractivity contribution < 1.29 is 22.4 Å². The molecular formula is C24H21F3N4O3. The molecule has 2 heterocycles. The zero-order valence-electron chi connectivity index (χ0n) is 18.6. The molecule has 0 saturated carbocycles. The lowest BCUT2D eigenvalue weighted by Gasteiger charge is -2.19. The molecule has 0 bridgehead atoms. The summed E-state index contributed by atoms with van der Waals surface area (Å²) in [4.78, 5) is 16.6. The van der Waals surface area contributed by atoms with Gasteiger partial charge in [-0.3, -0.25) is 4.79 Å². The van der Waals surface area contributed by atoms with Crippen LogP contribution < -0.4 is 10.3 Å². The van der Waals surface area contributed by atoms with E-state index in [0.717, 1.165) is 23.3 Å².